The van der Waals surface area contributed by atoms with Gasteiger partial charge in [-0.2, -0.15) is 0 Å². The molecule has 64 heavy (non-hydrogen) atoms. The summed E-state index contributed by atoms with van der Waals surface area (Å²) in [4.78, 5) is 11.8. The van der Waals surface area contributed by atoms with Gasteiger partial charge in [0.2, 0.25) is 0 Å². The molecule has 0 aliphatic heterocycles. The van der Waals surface area contributed by atoms with Crippen molar-refractivity contribution in [1.29, 1.82) is 0 Å². The first-order chi connectivity index (χ1) is 31.8. The van der Waals surface area contributed by atoms with Gasteiger partial charge in [-0.3, -0.25) is 0 Å². The SMILES string of the molecule is c1ccc(-c2nc3c(nc2-c2ccccc2)c2c4cc5ccccc5c5c6c7ccccc7ccc6n(c45)c2c2c3c3cc4ccccc4c4c5c6ccccc6ccc5n2c34)cc1. The Morgan fingerprint density at radius 1 is 0.266 bits per heavy atom. The first-order valence-electron chi connectivity index (χ1n) is 22.1. The van der Waals surface area contributed by atoms with E-state index in [-0.39, 0.29) is 0 Å². The fourth-order valence-corrected chi connectivity index (χ4v) is 11.9. The van der Waals surface area contributed by atoms with Crippen LogP contribution in [0.15, 0.2) is 194 Å². The molecule has 0 spiro atoms. The summed E-state index contributed by atoms with van der Waals surface area (Å²) in [7, 11) is 0. The molecule has 16 rings (SSSR count). The second kappa shape index (κ2) is 11.6. The van der Waals surface area contributed by atoms with Crippen molar-refractivity contribution in [2.24, 2.45) is 0 Å². The van der Waals surface area contributed by atoms with Crippen LogP contribution in [-0.2, 0) is 0 Å². The summed E-state index contributed by atoms with van der Waals surface area (Å²) in [5, 5.41) is 19.7. The van der Waals surface area contributed by atoms with Crippen molar-refractivity contribution < 1.29 is 0 Å². The topological polar surface area (TPSA) is 34.6 Å². The monoisotopic (exact) mass is 808 g/mol. The molecule has 0 bridgehead atoms. The summed E-state index contributed by atoms with van der Waals surface area (Å²) < 4.78 is 5.21. The van der Waals surface area contributed by atoms with Gasteiger partial charge in [-0.1, -0.05) is 170 Å². The zero-order chi connectivity index (χ0) is 41.4. The van der Waals surface area contributed by atoms with Gasteiger partial charge in [0.1, 0.15) is 11.0 Å². The van der Waals surface area contributed by atoms with Crippen molar-refractivity contribution in [3.63, 3.8) is 0 Å². The Bertz CT molecular complexity index is 4390. The first kappa shape index (κ1) is 33.1. The number of hydrogen-bond donors (Lipinski definition) is 0. The summed E-state index contributed by atoms with van der Waals surface area (Å²) in [6.07, 6.45) is 0. The molecule has 0 atom stereocenters. The van der Waals surface area contributed by atoms with E-state index in [1.54, 1.807) is 0 Å². The fraction of sp³-hybridized carbons (Fsp3) is 0. The minimum atomic E-state index is 0.879. The van der Waals surface area contributed by atoms with E-state index in [0.717, 1.165) is 55.4 Å². The third-order valence-electron chi connectivity index (χ3n) is 14.4. The molecule has 292 valence electrons. The van der Waals surface area contributed by atoms with Gasteiger partial charge in [0.15, 0.2) is 0 Å². The lowest BCUT2D eigenvalue weighted by Gasteiger charge is -2.14. The largest absolute Gasteiger partial charge is 0.306 e. The van der Waals surface area contributed by atoms with Gasteiger partial charge in [0.25, 0.3) is 0 Å². The Hall–Kier alpha value is -8.60. The molecular weight excluding hydrogens is 777 g/mol. The van der Waals surface area contributed by atoms with Crippen molar-refractivity contribution in [2.75, 3.05) is 0 Å². The fourth-order valence-electron chi connectivity index (χ4n) is 11.9. The maximum Gasteiger partial charge on any atom is 0.100 e. The molecule has 0 saturated heterocycles. The zero-order valence-corrected chi connectivity index (χ0v) is 34.3. The molecule has 4 nitrogen and oxygen atoms in total. The average Bonchev–Trinajstić information content (AvgIpc) is 4.10. The van der Waals surface area contributed by atoms with Crippen molar-refractivity contribution in [2.45, 2.75) is 0 Å². The molecule has 0 amide bonds. The Morgan fingerprint density at radius 2 is 0.625 bits per heavy atom. The van der Waals surface area contributed by atoms with Crippen molar-refractivity contribution in [3.05, 3.63) is 194 Å². The molecule has 0 N–H and O–H groups in total. The van der Waals surface area contributed by atoms with E-state index in [0.29, 0.717) is 0 Å². The van der Waals surface area contributed by atoms with Crippen LogP contribution in [0.25, 0.3) is 153 Å². The number of fused-ring (bicyclic) bond motifs is 24. The maximum absolute atomic E-state index is 5.92. The highest BCUT2D eigenvalue weighted by molar-refractivity contribution is 6.45. The van der Waals surface area contributed by atoms with Gasteiger partial charge >= 0.3 is 0 Å². The Labute approximate surface area is 364 Å². The predicted octanol–water partition coefficient (Wildman–Crippen LogP) is 15.9. The smallest absolute Gasteiger partial charge is 0.100 e. The van der Waals surface area contributed by atoms with Gasteiger partial charge in [-0.25, -0.2) is 9.97 Å². The summed E-state index contributed by atoms with van der Waals surface area (Å²) in [6.45, 7) is 0. The lowest BCUT2D eigenvalue weighted by atomic mass is 9.95. The second-order valence-corrected chi connectivity index (χ2v) is 17.6. The van der Waals surface area contributed by atoms with Crippen LogP contribution in [0, 0.1) is 0 Å². The highest BCUT2D eigenvalue weighted by Crippen LogP contribution is 2.53. The Morgan fingerprint density at radius 3 is 1.05 bits per heavy atom. The minimum Gasteiger partial charge on any atom is -0.306 e. The van der Waals surface area contributed by atoms with E-state index in [1.165, 1.54) is 97.5 Å². The van der Waals surface area contributed by atoms with Gasteiger partial charge in [0.05, 0.1) is 44.5 Å². The van der Waals surface area contributed by atoms with Crippen LogP contribution in [0.3, 0.4) is 0 Å². The molecule has 4 heteroatoms. The van der Waals surface area contributed by atoms with E-state index in [1.807, 2.05) is 0 Å². The van der Waals surface area contributed by atoms with E-state index in [9.17, 15) is 0 Å². The number of rotatable bonds is 2. The summed E-state index contributed by atoms with van der Waals surface area (Å²) in [5.74, 6) is 0. The minimum absolute atomic E-state index is 0.879. The van der Waals surface area contributed by atoms with Crippen LogP contribution in [0.2, 0.25) is 0 Å². The normalized spacial score (nSPS) is 12.7. The van der Waals surface area contributed by atoms with Gasteiger partial charge in [-0.05, 0) is 67.4 Å². The Kier molecular flexibility index (Phi) is 6.02. The van der Waals surface area contributed by atoms with Crippen LogP contribution in [0.4, 0.5) is 0 Å². The zero-order valence-electron chi connectivity index (χ0n) is 34.3. The van der Waals surface area contributed by atoms with E-state index >= 15 is 0 Å². The number of aromatic nitrogens is 4. The maximum atomic E-state index is 5.92. The quantitative estimate of drug-likeness (QED) is 0.174. The van der Waals surface area contributed by atoms with Crippen molar-refractivity contribution >= 4 is 130 Å². The first-order valence-corrected chi connectivity index (χ1v) is 22.1. The lowest BCUT2D eigenvalue weighted by Crippen LogP contribution is -1.98. The molecule has 5 aromatic heterocycles. The summed E-state index contributed by atoms with van der Waals surface area (Å²) in [5.41, 5.74) is 12.9. The van der Waals surface area contributed by atoms with Gasteiger partial charge < -0.3 is 8.80 Å². The summed E-state index contributed by atoms with van der Waals surface area (Å²) >= 11 is 0. The molecule has 0 fully saturated rings. The molecule has 0 saturated carbocycles. The Balaban J connectivity index is 1.28. The van der Waals surface area contributed by atoms with Crippen LogP contribution in [0.1, 0.15) is 0 Å². The molecular formula is C60H32N4. The molecule has 0 aliphatic rings. The molecule has 0 aliphatic carbocycles. The highest BCUT2D eigenvalue weighted by Gasteiger charge is 2.31. The summed E-state index contributed by atoms with van der Waals surface area (Å²) in [6, 6.07) is 71.0. The number of benzene rings is 11. The van der Waals surface area contributed by atoms with Crippen molar-refractivity contribution in [3.8, 4) is 22.5 Å². The highest BCUT2D eigenvalue weighted by atomic mass is 15.0. The third kappa shape index (κ3) is 3.92. The predicted molar refractivity (Wildman–Crippen MR) is 270 cm³/mol. The van der Waals surface area contributed by atoms with Gasteiger partial charge in [0, 0.05) is 54.2 Å². The second-order valence-electron chi connectivity index (χ2n) is 17.6. The van der Waals surface area contributed by atoms with E-state index in [2.05, 4.69) is 203 Å². The number of hydrogen-bond acceptors (Lipinski definition) is 2. The average molecular weight is 809 g/mol. The third-order valence-corrected chi connectivity index (χ3v) is 14.4. The van der Waals surface area contributed by atoms with E-state index in [4.69, 9.17) is 9.97 Å². The van der Waals surface area contributed by atoms with Gasteiger partial charge in [-0.15, -0.1) is 0 Å². The van der Waals surface area contributed by atoms with Crippen LogP contribution in [-0.4, -0.2) is 18.8 Å². The van der Waals surface area contributed by atoms with Crippen LogP contribution < -0.4 is 0 Å². The molecule has 16 aromatic rings. The molecule has 0 radical (unpaired) electrons. The molecule has 11 aromatic carbocycles. The standard InChI is InChI=1S/C60H32N4/c1-3-17-35(18-4-1)53-54(36-19-5-2-6-20-36)62-56-52-44-32-38-22-10-14-26-42(38)50-48-40-24-12-8-16-34(40)28-30-46(48)64(58(44)50)60(52)59-51(55(56)61-53)43-31-37-21-9-13-25-41(37)49-47-39-23-11-7-15-33(39)27-29-45(47)63(59)57(43)49/h1-32H. The van der Waals surface area contributed by atoms with E-state index < -0.39 is 0 Å². The van der Waals surface area contributed by atoms with Crippen molar-refractivity contribution in [1.82, 2.24) is 18.8 Å². The molecule has 0 unspecified atom stereocenters. The molecule has 5 heterocycles. The lowest BCUT2D eigenvalue weighted by molar-refractivity contribution is 1.30. The number of nitrogens with zero attached hydrogens (tertiary/aromatic N) is 4. The van der Waals surface area contributed by atoms with Crippen LogP contribution in [0.5, 0.6) is 0 Å². The van der Waals surface area contributed by atoms with Crippen LogP contribution >= 0.6 is 0 Å².